The molecule has 4 aliphatic heterocycles. The summed E-state index contributed by atoms with van der Waals surface area (Å²) in [5.74, 6) is 0.473. The van der Waals surface area contributed by atoms with E-state index >= 15 is 0 Å². The summed E-state index contributed by atoms with van der Waals surface area (Å²) in [6.45, 7) is 0. The van der Waals surface area contributed by atoms with Crippen molar-refractivity contribution in [3.05, 3.63) is 0 Å². The van der Waals surface area contributed by atoms with E-state index < -0.39 is 11.9 Å². The molecule has 0 aromatic carbocycles. The van der Waals surface area contributed by atoms with Crippen LogP contribution >= 0.6 is 23.5 Å². The number of thioether (sulfide) groups is 2. The number of carboxylic acid groups (broad SMARTS) is 2. The van der Waals surface area contributed by atoms with Crippen LogP contribution < -0.4 is 26.2 Å². The van der Waals surface area contributed by atoms with Crippen molar-refractivity contribution < 1.29 is 29.4 Å². The first-order valence-electron chi connectivity index (χ1n) is 11.6. The summed E-state index contributed by atoms with van der Waals surface area (Å²) in [7, 11) is 0. The fourth-order valence-electron chi connectivity index (χ4n) is 4.53. The molecule has 0 unspecified atom stereocenters. The van der Waals surface area contributed by atoms with Gasteiger partial charge in [0.05, 0.1) is 24.2 Å². The third kappa shape index (κ3) is 9.57. The zero-order chi connectivity index (χ0) is 25.8. The van der Waals surface area contributed by atoms with Gasteiger partial charge in [-0.05, 0) is 25.7 Å². The lowest BCUT2D eigenvalue weighted by Gasteiger charge is -2.16. The molecule has 8 N–H and O–H groups in total. The number of rotatable bonds is 10. The molecule has 15 heteroatoms. The number of hydrogen-bond donors (Lipinski definition) is 8. The predicted molar refractivity (Wildman–Crippen MR) is 131 cm³/mol. The molecule has 0 radical (unpaired) electrons. The van der Waals surface area contributed by atoms with Crippen LogP contribution in [0.1, 0.15) is 51.4 Å². The average Bonchev–Trinajstić information content (AvgIpc) is 3.52. The third-order valence-electron chi connectivity index (χ3n) is 6.13. The summed E-state index contributed by atoms with van der Waals surface area (Å²) in [4.78, 5) is 44.9. The van der Waals surface area contributed by atoms with Crippen LogP contribution in [0.2, 0.25) is 0 Å². The van der Waals surface area contributed by atoms with Gasteiger partial charge < -0.3 is 31.5 Å². The van der Waals surface area contributed by atoms with Gasteiger partial charge in [-0.2, -0.15) is 23.5 Å². The second-order valence-corrected chi connectivity index (χ2v) is 11.2. The van der Waals surface area contributed by atoms with E-state index in [9.17, 15) is 19.2 Å². The fourth-order valence-corrected chi connectivity index (χ4v) is 7.62. The second-order valence-electron chi connectivity index (χ2n) is 8.63. The zero-order valence-electron chi connectivity index (χ0n) is 19.3. The van der Waals surface area contributed by atoms with Crippen molar-refractivity contribution in [3.8, 4) is 0 Å². The maximum absolute atomic E-state index is 11.1. The molecular formula is C20H34N7O6S2+. The normalized spacial score (nSPS) is 29.5. The van der Waals surface area contributed by atoms with E-state index in [2.05, 4.69) is 21.3 Å². The minimum atomic E-state index is -0.729. The molecule has 0 saturated carbocycles. The van der Waals surface area contributed by atoms with E-state index in [-0.39, 0.29) is 49.1 Å². The monoisotopic (exact) mass is 532 g/mol. The molecule has 0 spiro atoms. The Hall–Kier alpha value is -2.51. The van der Waals surface area contributed by atoms with Gasteiger partial charge in [-0.15, -0.1) is 0 Å². The van der Waals surface area contributed by atoms with Crippen molar-refractivity contribution in [2.24, 2.45) is 0 Å². The summed E-state index contributed by atoms with van der Waals surface area (Å²) < 4.78 is 0. The molecule has 0 aliphatic carbocycles. The summed E-state index contributed by atoms with van der Waals surface area (Å²) in [6.07, 6.45) is 5.76. The highest BCUT2D eigenvalue weighted by Crippen LogP contribution is 2.34. The highest BCUT2D eigenvalue weighted by molar-refractivity contribution is 8.00. The standard InChI is InChI=1S/2C10H16N2O3S.H2N3/c2*13-8(14)4-2-1-3-7-9-6(5-16-7)11-10(15)12-9;1-3-2/h2*6-7,9H,1-5H2,(H,13,14)(H2,11,12,15);1-2H/q;;+1/t2*6-,7-,9-;/m00./s1. The Morgan fingerprint density at radius 3 is 1.49 bits per heavy atom. The minimum Gasteiger partial charge on any atom is -0.481 e. The lowest BCUT2D eigenvalue weighted by Crippen LogP contribution is -2.36. The number of carbonyl (C=O) groups is 4. The van der Waals surface area contributed by atoms with Crippen molar-refractivity contribution >= 4 is 47.5 Å². The zero-order valence-corrected chi connectivity index (χ0v) is 21.0. The molecule has 0 aromatic heterocycles. The molecule has 196 valence electrons. The van der Waals surface area contributed by atoms with Crippen LogP contribution in [0.4, 0.5) is 9.59 Å². The molecule has 4 saturated heterocycles. The van der Waals surface area contributed by atoms with Gasteiger partial charge >= 0.3 is 24.0 Å². The largest absolute Gasteiger partial charge is 0.481 e. The number of fused-ring (bicyclic) bond motifs is 2. The Morgan fingerprint density at radius 2 is 1.14 bits per heavy atom. The van der Waals surface area contributed by atoms with Crippen LogP contribution in [-0.4, -0.2) is 80.4 Å². The number of hydrogen-bond acceptors (Lipinski definition) is 8. The highest BCUT2D eigenvalue weighted by Gasteiger charge is 2.43. The maximum atomic E-state index is 11.1. The van der Waals surface area contributed by atoms with Gasteiger partial charge in [0.2, 0.25) is 4.91 Å². The van der Waals surface area contributed by atoms with Crippen LogP contribution in [0.25, 0.3) is 0 Å². The van der Waals surface area contributed by atoms with Gasteiger partial charge in [-0.3, -0.25) is 9.59 Å². The number of unbranched alkanes of at least 4 members (excludes halogenated alkanes) is 2. The van der Waals surface area contributed by atoms with Crippen molar-refractivity contribution in [1.29, 1.82) is 11.1 Å². The highest BCUT2D eigenvalue weighted by atomic mass is 32.2. The molecule has 4 aliphatic rings. The second kappa shape index (κ2) is 14.8. The lowest BCUT2D eigenvalue weighted by atomic mass is 10.0. The number of aliphatic carboxylic acids is 2. The van der Waals surface area contributed by atoms with Gasteiger partial charge in [-0.1, -0.05) is 12.8 Å². The van der Waals surface area contributed by atoms with Gasteiger partial charge in [0.25, 0.3) is 0 Å². The third-order valence-corrected chi connectivity index (χ3v) is 9.15. The van der Waals surface area contributed by atoms with Crippen LogP contribution in [0.3, 0.4) is 0 Å². The van der Waals surface area contributed by atoms with E-state index in [0.29, 0.717) is 10.5 Å². The first kappa shape index (κ1) is 28.7. The number of carbonyl (C=O) groups excluding carboxylic acids is 2. The number of carboxylic acids is 2. The lowest BCUT2D eigenvalue weighted by molar-refractivity contribution is -0.138. The Morgan fingerprint density at radius 1 is 0.771 bits per heavy atom. The molecule has 4 rings (SSSR count). The quantitative estimate of drug-likeness (QED) is 0.0893. The van der Waals surface area contributed by atoms with Crippen LogP contribution in [0, 0.1) is 11.1 Å². The van der Waals surface area contributed by atoms with Gasteiger partial charge in [0.1, 0.15) is 11.1 Å². The van der Waals surface area contributed by atoms with Crippen LogP contribution in [-0.2, 0) is 9.59 Å². The Balaban J connectivity index is 0.000000222. The molecule has 4 heterocycles. The molecule has 0 bridgehead atoms. The number of urea groups is 2. The molecule has 4 amide bonds. The first-order valence-corrected chi connectivity index (χ1v) is 13.7. The topological polar surface area (TPSA) is 219 Å². The molecule has 6 atom stereocenters. The minimum absolute atomic E-state index is 0.0640. The Bertz CT molecular complexity index is 740. The molecule has 4 fully saturated rings. The van der Waals surface area contributed by atoms with Crippen molar-refractivity contribution in [3.63, 3.8) is 0 Å². The van der Waals surface area contributed by atoms with Gasteiger partial charge in [0.15, 0.2) is 0 Å². The number of nitrogens with one attached hydrogen (secondary N) is 6. The summed E-state index contributed by atoms with van der Waals surface area (Å²) in [5, 5.41) is 29.6. The van der Waals surface area contributed by atoms with E-state index in [1.807, 2.05) is 28.4 Å². The van der Waals surface area contributed by atoms with Gasteiger partial charge in [0, 0.05) is 34.8 Å². The summed E-state index contributed by atoms with van der Waals surface area (Å²) in [6, 6.07) is 0.880. The van der Waals surface area contributed by atoms with Crippen LogP contribution in [0.15, 0.2) is 0 Å². The summed E-state index contributed by atoms with van der Waals surface area (Å²) in [5.41, 5.74) is 11.0. The van der Waals surface area contributed by atoms with Crippen LogP contribution in [0.5, 0.6) is 0 Å². The average molecular weight is 533 g/mol. The molecule has 35 heavy (non-hydrogen) atoms. The van der Waals surface area contributed by atoms with E-state index in [0.717, 1.165) is 50.0 Å². The van der Waals surface area contributed by atoms with Crippen molar-refractivity contribution in [1.82, 2.24) is 26.2 Å². The first-order chi connectivity index (χ1) is 16.7. The Kier molecular flexibility index (Phi) is 12.1. The van der Waals surface area contributed by atoms with E-state index in [1.165, 1.54) is 0 Å². The van der Waals surface area contributed by atoms with Crippen molar-refractivity contribution in [2.75, 3.05) is 11.5 Å². The fraction of sp³-hybridized carbons (Fsp3) is 0.800. The van der Waals surface area contributed by atoms with E-state index in [4.69, 9.17) is 21.3 Å². The Labute approximate surface area is 211 Å². The molecular weight excluding hydrogens is 498 g/mol. The smallest absolute Gasteiger partial charge is 0.315 e. The van der Waals surface area contributed by atoms with E-state index in [1.54, 1.807) is 0 Å². The number of amides is 4. The number of nitrogens with zero attached hydrogens (tertiary/aromatic N) is 1. The predicted octanol–water partition coefficient (Wildman–Crippen LogP) is 1.71. The molecule has 13 nitrogen and oxygen atoms in total. The SMILES string of the molecule is N=[N+]=N.O=C(O)CCCC[C@@H]1SC[C@@H]2NC(=O)N[C@@H]21.O=C(O)CCCC[C@@H]1SC[C@@H]2NC(=O)N[C@@H]21. The summed E-state index contributed by atoms with van der Waals surface area (Å²) >= 11 is 3.74. The maximum Gasteiger partial charge on any atom is 0.315 e. The van der Waals surface area contributed by atoms with Crippen molar-refractivity contribution in [2.45, 2.75) is 86.0 Å². The molecule has 0 aromatic rings. The van der Waals surface area contributed by atoms with Gasteiger partial charge in [-0.25, -0.2) is 9.59 Å².